The van der Waals surface area contributed by atoms with Crippen LogP contribution in [0.25, 0.3) is 0 Å². The zero-order valence-electron chi connectivity index (χ0n) is 13.1. The Bertz CT molecular complexity index is 376. The molecule has 3 aliphatic rings. The lowest BCUT2D eigenvalue weighted by Crippen LogP contribution is -2.32. The molecule has 0 saturated heterocycles. The first-order chi connectivity index (χ1) is 9.53. The minimum atomic E-state index is -0.394. The van der Waals surface area contributed by atoms with Gasteiger partial charge in [-0.25, -0.2) is 0 Å². The van der Waals surface area contributed by atoms with Crippen LogP contribution in [-0.4, -0.2) is 18.9 Å². The molecule has 0 heterocycles. The lowest BCUT2D eigenvalue weighted by atomic mass is 9.80. The molecule has 3 fully saturated rings. The van der Waals surface area contributed by atoms with E-state index in [-0.39, 0.29) is 12.8 Å². The van der Waals surface area contributed by atoms with Crippen molar-refractivity contribution < 1.29 is 14.3 Å². The fourth-order valence-corrected chi connectivity index (χ4v) is 4.71. The van der Waals surface area contributed by atoms with E-state index >= 15 is 0 Å². The van der Waals surface area contributed by atoms with Crippen LogP contribution in [0.3, 0.4) is 0 Å². The molecular weight excluding hydrogens is 252 g/mol. The van der Waals surface area contributed by atoms with Crippen LogP contribution in [0.15, 0.2) is 0 Å². The molecule has 0 N–H and O–H groups in total. The van der Waals surface area contributed by atoms with E-state index < -0.39 is 5.41 Å². The fourth-order valence-electron chi connectivity index (χ4n) is 4.71. The molecule has 0 radical (unpaired) electrons. The molecule has 5 unspecified atom stereocenters. The van der Waals surface area contributed by atoms with Gasteiger partial charge in [0.2, 0.25) is 0 Å². The molecule has 114 valence electrons. The van der Waals surface area contributed by atoms with E-state index in [0.717, 1.165) is 30.1 Å². The lowest BCUT2D eigenvalue weighted by Gasteiger charge is -2.31. The Labute approximate surface area is 122 Å². The van der Waals surface area contributed by atoms with E-state index in [2.05, 4.69) is 0 Å². The third-order valence-electron chi connectivity index (χ3n) is 6.28. The summed E-state index contributed by atoms with van der Waals surface area (Å²) in [5.41, 5.74) is -0.394. The summed E-state index contributed by atoms with van der Waals surface area (Å²) >= 11 is 0. The molecule has 2 bridgehead atoms. The van der Waals surface area contributed by atoms with Gasteiger partial charge in [-0.05, 0) is 69.6 Å². The molecule has 5 atom stereocenters. The molecular formula is C17H28O3. The Morgan fingerprint density at radius 2 is 1.90 bits per heavy atom. The highest BCUT2D eigenvalue weighted by Gasteiger charge is 2.54. The number of rotatable bonds is 5. The molecule has 0 aromatic heterocycles. The van der Waals surface area contributed by atoms with Crippen molar-refractivity contribution in [3.05, 3.63) is 0 Å². The summed E-state index contributed by atoms with van der Waals surface area (Å²) in [6, 6.07) is 0. The van der Waals surface area contributed by atoms with Crippen LogP contribution in [0.4, 0.5) is 0 Å². The molecule has 3 saturated carbocycles. The smallest absolute Gasteiger partial charge is 0.313 e. The van der Waals surface area contributed by atoms with Crippen molar-refractivity contribution in [3.8, 4) is 0 Å². The molecule has 0 aromatic carbocycles. The maximum absolute atomic E-state index is 11.9. The second kappa shape index (κ2) is 5.32. The van der Waals surface area contributed by atoms with Gasteiger partial charge in [-0.2, -0.15) is 0 Å². The SMILES string of the molecule is CCC(C)(C)C(=O)OCOC1CC2CC1C1CCCC21. The van der Waals surface area contributed by atoms with Gasteiger partial charge in [0.1, 0.15) is 0 Å². The average Bonchev–Trinajstić information content (AvgIpc) is 3.10. The molecule has 3 rings (SSSR count). The number of hydrogen-bond donors (Lipinski definition) is 0. The minimum Gasteiger partial charge on any atom is -0.438 e. The summed E-state index contributed by atoms with van der Waals surface area (Å²) in [4.78, 5) is 11.9. The van der Waals surface area contributed by atoms with Gasteiger partial charge < -0.3 is 9.47 Å². The summed E-state index contributed by atoms with van der Waals surface area (Å²) < 4.78 is 11.2. The zero-order chi connectivity index (χ0) is 14.3. The maximum atomic E-state index is 11.9. The lowest BCUT2D eigenvalue weighted by molar-refractivity contribution is -0.174. The van der Waals surface area contributed by atoms with Crippen LogP contribution in [0, 0.1) is 29.1 Å². The van der Waals surface area contributed by atoms with Gasteiger partial charge in [0.15, 0.2) is 6.79 Å². The first-order valence-corrected chi connectivity index (χ1v) is 8.31. The largest absolute Gasteiger partial charge is 0.438 e. The first-order valence-electron chi connectivity index (χ1n) is 8.31. The fraction of sp³-hybridized carbons (Fsp3) is 0.941. The van der Waals surface area contributed by atoms with E-state index in [1.165, 1.54) is 32.1 Å². The Morgan fingerprint density at radius 3 is 2.65 bits per heavy atom. The van der Waals surface area contributed by atoms with Crippen molar-refractivity contribution in [2.75, 3.05) is 6.79 Å². The van der Waals surface area contributed by atoms with E-state index in [9.17, 15) is 4.79 Å². The maximum Gasteiger partial charge on any atom is 0.313 e. The zero-order valence-corrected chi connectivity index (χ0v) is 13.1. The average molecular weight is 280 g/mol. The van der Waals surface area contributed by atoms with Crippen molar-refractivity contribution >= 4 is 5.97 Å². The normalized spacial score (nSPS) is 39.0. The molecule has 3 aliphatic carbocycles. The number of hydrogen-bond acceptors (Lipinski definition) is 3. The number of carbonyl (C=O) groups excluding carboxylic acids is 1. The number of ether oxygens (including phenoxy) is 2. The van der Waals surface area contributed by atoms with Crippen molar-refractivity contribution in [2.45, 2.75) is 65.4 Å². The van der Waals surface area contributed by atoms with Gasteiger partial charge >= 0.3 is 5.97 Å². The molecule has 3 heteroatoms. The summed E-state index contributed by atoms with van der Waals surface area (Å²) in [5.74, 6) is 3.38. The Hall–Kier alpha value is -0.570. The predicted molar refractivity (Wildman–Crippen MR) is 76.9 cm³/mol. The summed E-state index contributed by atoms with van der Waals surface area (Å²) in [5, 5.41) is 0. The molecule has 3 nitrogen and oxygen atoms in total. The standard InChI is InChI=1S/C17H28O3/c1-4-17(2,3)16(18)20-10-19-15-9-11-8-14(15)13-7-5-6-12(11)13/h11-15H,4-10H2,1-3H3. The second-order valence-electron chi connectivity index (χ2n) is 7.65. The van der Waals surface area contributed by atoms with Gasteiger partial charge in [-0.1, -0.05) is 13.3 Å². The highest BCUT2D eigenvalue weighted by atomic mass is 16.7. The summed E-state index contributed by atoms with van der Waals surface area (Å²) in [6.45, 7) is 6.01. The molecule has 0 aliphatic heterocycles. The highest BCUT2D eigenvalue weighted by Crippen LogP contribution is 2.59. The third-order valence-corrected chi connectivity index (χ3v) is 6.28. The molecule has 0 spiro atoms. The summed E-state index contributed by atoms with van der Waals surface area (Å²) in [6.07, 6.45) is 7.94. The first kappa shape index (κ1) is 14.4. The van der Waals surface area contributed by atoms with E-state index in [1.807, 2.05) is 20.8 Å². The molecule has 20 heavy (non-hydrogen) atoms. The third kappa shape index (κ3) is 2.38. The van der Waals surface area contributed by atoms with Gasteiger partial charge in [0.05, 0.1) is 11.5 Å². The molecule has 0 aromatic rings. The van der Waals surface area contributed by atoms with Crippen LogP contribution in [0.2, 0.25) is 0 Å². The van der Waals surface area contributed by atoms with Crippen molar-refractivity contribution in [2.24, 2.45) is 29.1 Å². The quantitative estimate of drug-likeness (QED) is 0.568. The van der Waals surface area contributed by atoms with Gasteiger partial charge in [0, 0.05) is 0 Å². The van der Waals surface area contributed by atoms with Gasteiger partial charge in [-0.3, -0.25) is 4.79 Å². The van der Waals surface area contributed by atoms with Crippen LogP contribution < -0.4 is 0 Å². The van der Waals surface area contributed by atoms with Crippen molar-refractivity contribution in [3.63, 3.8) is 0 Å². The number of fused-ring (bicyclic) bond motifs is 5. The van der Waals surface area contributed by atoms with Crippen LogP contribution in [0.1, 0.15) is 59.3 Å². The van der Waals surface area contributed by atoms with Crippen LogP contribution in [-0.2, 0) is 14.3 Å². The van der Waals surface area contributed by atoms with E-state index in [0.29, 0.717) is 6.10 Å². The van der Waals surface area contributed by atoms with Crippen molar-refractivity contribution in [1.29, 1.82) is 0 Å². The van der Waals surface area contributed by atoms with E-state index in [1.54, 1.807) is 0 Å². The number of carbonyl (C=O) groups is 1. The van der Waals surface area contributed by atoms with Gasteiger partial charge in [0.25, 0.3) is 0 Å². The Balaban J connectivity index is 1.46. The predicted octanol–water partition coefficient (Wildman–Crippen LogP) is 3.76. The Kier molecular flexibility index (Phi) is 3.83. The second-order valence-corrected chi connectivity index (χ2v) is 7.65. The van der Waals surface area contributed by atoms with Crippen LogP contribution >= 0.6 is 0 Å². The van der Waals surface area contributed by atoms with Crippen molar-refractivity contribution in [1.82, 2.24) is 0 Å². The minimum absolute atomic E-state index is 0.137. The summed E-state index contributed by atoms with van der Waals surface area (Å²) in [7, 11) is 0. The van der Waals surface area contributed by atoms with Gasteiger partial charge in [-0.15, -0.1) is 0 Å². The monoisotopic (exact) mass is 280 g/mol. The topological polar surface area (TPSA) is 35.5 Å². The Morgan fingerprint density at radius 1 is 1.15 bits per heavy atom. The number of esters is 1. The highest BCUT2D eigenvalue weighted by molar-refractivity contribution is 5.75. The van der Waals surface area contributed by atoms with Crippen LogP contribution in [0.5, 0.6) is 0 Å². The van der Waals surface area contributed by atoms with E-state index in [4.69, 9.17) is 9.47 Å². The molecule has 0 amide bonds.